The van der Waals surface area contributed by atoms with Gasteiger partial charge in [0.25, 0.3) is 5.91 Å². The predicted octanol–water partition coefficient (Wildman–Crippen LogP) is 1.57. The van der Waals surface area contributed by atoms with E-state index in [2.05, 4.69) is 10.4 Å². The van der Waals surface area contributed by atoms with Crippen LogP contribution >= 0.6 is 0 Å². The molecule has 0 aromatic carbocycles. The van der Waals surface area contributed by atoms with E-state index in [1.165, 1.54) is 0 Å². The number of hydrogen-bond donors (Lipinski definition) is 1. The molecular weight excluding hydrogens is 285 g/mol. The van der Waals surface area contributed by atoms with Crippen LogP contribution in [0.4, 0.5) is 13.2 Å². The van der Waals surface area contributed by atoms with Gasteiger partial charge in [0.1, 0.15) is 5.69 Å². The molecule has 1 aromatic rings. The molecule has 0 bridgehead atoms. The Bertz CT molecular complexity index is 478. The zero-order valence-electron chi connectivity index (χ0n) is 11.9. The third-order valence-electron chi connectivity index (χ3n) is 3.58. The molecule has 21 heavy (non-hydrogen) atoms. The molecule has 1 saturated heterocycles. The van der Waals surface area contributed by atoms with E-state index < -0.39 is 12.6 Å². The maximum Gasteiger partial charge on any atom is 0.390 e. The van der Waals surface area contributed by atoms with Gasteiger partial charge < -0.3 is 10.2 Å². The zero-order chi connectivity index (χ0) is 15.5. The van der Waals surface area contributed by atoms with E-state index >= 15 is 0 Å². The first-order valence-electron chi connectivity index (χ1n) is 6.93. The minimum absolute atomic E-state index is 0.00152. The Morgan fingerprint density at radius 1 is 1.43 bits per heavy atom. The Kier molecular flexibility index (Phi) is 4.87. The van der Waals surface area contributed by atoms with Crippen molar-refractivity contribution in [2.75, 3.05) is 19.6 Å². The summed E-state index contributed by atoms with van der Waals surface area (Å²) in [5, 5.41) is 6.89. The number of hydrogen-bond acceptors (Lipinski definition) is 3. The van der Waals surface area contributed by atoms with Crippen molar-refractivity contribution in [1.82, 2.24) is 20.0 Å². The molecule has 1 fully saturated rings. The highest BCUT2D eigenvalue weighted by atomic mass is 19.4. The highest BCUT2D eigenvalue weighted by molar-refractivity contribution is 5.92. The van der Waals surface area contributed by atoms with Crippen LogP contribution in [-0.4, -0.2) is 52.4 Å². The van der Waals surface area contributed by atoms with E-state index in [0.717, 1.165) is 0 Å². The zero-order valence-corrected chi connectivity index (χ0v) is 11.9. The first kappa shape index (κ1) is 15.8. The third-order valence-corrected chi connectivity index (χ3v) is 3.58. The summed E-state index contributed by atoms with van der Waals surface area (Å²) in [5.74, 6) is -0.232. The number of carbonyl (C=O) groups excluding carboxylic acids is 1. The van der Waals surface area contributed by atoms with Crippen LogP contribution in [0.2, 0.25) is 0 Å². The molecule has 2 rings (SSSR count). The summed E-state index contributed by atoms with van der Waals surface area (Å²) >= 11 is 0. The van der Waals surface area contributed by atoms with Crippen LogP contribution in [0.25, 0.3) is 0 Å². The minimum atomic E-state index is -4.11. The quantitative estimate of drug-likeness (QED) is 0.918. The highest BCUT2D eigenvalue weighted by Crippen LogP contribution is 2.21. The van der Waals surface area contributed by atoms with E-state index in [-0.39, 0.29) is 18.5 Å². The summed E-state index contributed by atoms with van der Waals surface area (Å²) in [6, 6.07) is 1.63. The molecule has 8 heteroatoms. The average Bonchev–Trinajstić information content (AvgIpc) is 2.84. The van der Waals surface area contributed by atoms with Gasteiger partial charge in [0, 0.05) is 38.9 Å². The largest absolute Gasteiger partial charge is 0.390 e. The van der Waals surface area contributed by atoms with Gasteiger partial charge in [-0.05, 0) is 18.9 Å². The van der Waals surface area contributed by atoms with Gasteiger partial charge in [-0.15, -0.1) is 0 Å². The maximum atomic E-state index is 12.2. The number of aromatic nitrogens is 2. The molecule has 1 aliphatic rings. The van der Waals surface area contributed by atoms with Crippen LogP contribution in [0.1, 0.15) is 29.8 Å². The fourth-order valence-corrected chi connectivity index (χ4v) is 2.38. The van der Waals surface area contributed by atoms with Crippen molar-refractivity contribution in [3.05, 3.63) is 18.0 Å². The molecule has 0 atom stereocenters. The number of halogens is 3. The van der Waals surface area contributed by atoms with Crippen LogP contribution in [0.15, 0.2) is 12.3 Å². The molecule has 0 radical (unpaired) electrons. The molecule has 0 spiro atoms. The lowest BCUT2D eigenvalue weighted by Gasteiger charge is -2.32. The summed E-state index contributed by atoms with van der Waals surface area (Å²) in [4.78, 5) is 13.7. The predicted molar refractivity (Wildman–Crippen MR) is 70.8 cm³/mol. The normalized spacial score (nSPS) is 17.9. The second-order valence-corrected chi connectivity index (χ2v) is 5.33. The van der Waals surface area contributed by atoms with Crippen molar-refractivity contribution in [2.45, 2.75) is 31.5 Å². The molecule has 0 saturated carbocycles. The number of rotatable bonds is 4. The van der Waals surface area contributed by atoms with Gasteiger partial charge in [0.05, 0.1) is 6.42 Å². The summed E-state index contributed by atoms with van der Waals surface area (Å²) in [6.07, 6.45) is -1.87. The SMILES string of the molecule is Cn1ccc(C(=O)NC2CCN(CCC(F)(F)F)CC2)n1. The molecule has 5 nitrogen and oxygen atoms in total. The first-order valence-corrected chi connectivity index (χ1v) is 6.93. The van der Waals surface area contributed by atoms with Crippen LogP contribution in [-0.2, 0) is 7.05 Å². The number of likely N-dealkylation sites (tertiary alicyclic amines) is 1. The summed E-state index contributed by atoms with van der Waals surface area (Å²) in [5.41, 5.74) is 0.358. The van der Waals surface area contributed by atoms with E-state index in [9.17, 15) is 18.0 Å². The molecule has 1 aliphatic heterocycles. The van der Waals surface area contributed by atoms with Crippen LogP contribution < -0.4 is 5.32 Å². The van der Waals surface area contributed by atoms with E-state index in [4.69, 9.17) is 0 Å². The number of nitrogens with zero attached hydrogens (tertiary/aromatic N) is 3. The molecule has 118 valence electrons. The standard InChI is InChI=1S/C13H19F3N4O/c1-19-6-4-11(18-19)12(21)17-10-2-7-20(8-3-10)9-5-13(14,15)16/h4,6,10H,2-3,5,7-9H2,1H3,(H,17,21). The van der Waals surface area contributed by atoms with Crippen LogP contribution in [0, 0.1) is 0 Å². The van der Waals surface area contributed by atoms with Crippen molar-refractivity contribution < 1.29 is 18.0 Å². The molecule has 1 aromatic heterocycles. The Hall–Kier alpha value is -1.57. The van der Waals surface area contributed by atoms with Gasteiger partial charge in [-0.25, -0.2) is 0 Å². The molecule has 0 unspecified atom stereocenters. The van der Waals surface area contributed by atoms with Gasteiger partial charge in [-0.2, -0.15) is 18.3 Å². The lowest BCUT2D eigenvalue weighted by Crippen LogP contribution is -2.45. The van der Waals surface area contributed by atoms with Crippen molar-refractivity contribution in [2.24, 2.45) is 7.05 Å². The number of amides is 1. The average molecular weight is 304 g/mol. The molecule has 1 amide bonds. The Morgan fingerprint density at radius 3 is 2.62 bits per heavy atom. The van der Waals surface area contributed by atoms with Crippen LogP contribution in [0.3, 0.4) is 0 Å². The topological polar surface area (TPSA) is 50.2 Å². The van der Waals surface area contributed by atoms with E-state index in [1.54, 1.807) is 28.9 Å². The fourth-order valence-electron chi connectivity index (χ4n) is 2.38. The number of nitrogens with one attached hydrogen (secondary N) is 1. The van der Waals surface area contributed by atoms with Crippen molar-refractivity contribution in [1.29, 1.82) is 0 Å². The molecule has 1 N–H and O–H groups in total. The minimum Gasteiger partial charge on any atom is -0.348 e. The summed E-state index contributed by atoms with van der Waals surface area (Å²) in [7, 11) is 1.73. The third kappa shape index (κ3) is 5.04. The second-order valence-electron chi connectivity index (χ2n) is 5.33. The number of aryl methyl sites for hydroxylation is 1. The Balaban J connectivity index is 1.73. The molecular formula is C13H19F3N4O. The maximum absolute atomic E-state index is 12.2. The number of piperidine rings is 1. The van der Waals surface area contributed by atoms with E-state index in [1.807, 2.05) is 0 Å². The monoisotopic (exact) mass is 304 g/mol. The van der Waals surface area contributed by atoms with Gasteiger partial charge in [-0.3, -0.25) is 9.48 Å². The van der Waals surface area contributed by atoms with Gasteiger partial charge in [-0.1, -0.05) is 0 Å². The Morgan fingerprint density at radius 2 is 2.10 bits per heavy atom. The lowest BCUT2D eigenvalue weighted by molar-refractivity contribution is -0.138. The first-order chi connectivity index (χ1) is 9.83. The molecule has 2 heterocycles. The van der Waals surface area contributed by atoms with Gasteiger partial charge in [0.2, 0.25) is 0 Å². The smallest absolute Gasteiger partial charge is 0.348 e. The number of alkyl halides is 3. The fraction of sp³-hybridized carbons (Fsp3) is 0.692. The van der Waals surface area contributed by atoms with Gasteiger partial charge >= 0.3 is 6.18 Å². The van der Waals surface area contributed by atoms with Crippen molar-refractivity contribution in [3.8, 4) is 0 Å². The highest BCUT2D eigenvalue weighted by Gasteiger charge is 2.29. The van der Waals surface area contributed by atoms with E-state index in [0.29, 0.717) is 31.6 Å². The van der Waals surface area contributed by atoms with Crippen molar-refractivity contribution in [3.63, 3.8) is 0 Å². The lowest BCUT2D eigenvalue weighted by atomic mass is 10.0. The summed E-state index contributed by atoms with van der Waals surface area (Å²) < 4.78 is 38.0. The van der Waals surface area contributed by atoms with Crippen molar-refractivity contribution >= 4 is 5.91 Å². The Labute approximate surface area is 121 Å². The molecule has 0 aliphatic carbocycles. The summed E-state index contributed by atoms with van der Waals surface area (Å²) in [6.45, 7) is 1.18. The van der Waals surface area contributed by atoms with Crippen LogP contribution in [0.5, 0.6) is 0 Å². The second kappa shape index (κ2) is 6.46. The van der Waals surface area contributed by atoms with Gasteiger partial charge in [0.15, 0.2) is 0 Å². The number of carbonyl (C=O) groups is 1.